The molecule has 0 amide bonds. The van der Waals surface area contributed by atoms with Gasteiger partial charge in [-0.25, -0.2) is 0 Å². The first kappa shape index (κ1) is 20.7. The van der Waals surface area contributed by atoms with Crippen molar-refractivity contribution in [3.05, 3.63) is 0 Å². The molecule has 0 rings (SSSR count). The van der Waals surface area contributed by atoms with Gasteiger partial charge in [0.1, 0.15) is 5.78 Å². The van der Waals surface area contributed by atoms with Crippen LogP contribution in [0, 0.1) is 11.8 Å². The Kier molecular flexibility index (Phi) is 14.4. The van der Waals surface area contributed by atoms with Crippen molar-refractivity contribution in [3.63, 3.8) is 0 Å². The highest BCUT2D eigenvalue weighted by molar-refractivity contribution is 5.80. The molecule has 0 fully saturated rings. The van der Waals surface area contributed by atoms with E-state index in [-0.39, 0.29) is 5.92 Å². The lowest BCUT2D eigenvalue weighted by atomic mass is 10.0. The predicted octanol–water partition coefficient (Wildman–Crippen LogP) is 6.94. The standard InChI is InChI=1S/C20H40O/c1-18(2)16-14-12-10-8-6-5-7-9-11-13-15-17-20(21)19(3)4/h18-19H,5-17H2,1-4H3. The lowest BCUT2D eigenvalue weighted by Gasteiger charge is -2.05. The number of hydrogen-bond acceptors (Lipinski definition) is 1. The van der Waals surface area contributed by atoms with E-state index in [4.69, 9.17) is 0 Å². The summed E-state index contributed by atoms with van der Waals surface area (Å²) in [6, 6.07) is 0. The van der Waals surface area contributed by atoms with Crippen molar-refractivity contribution in [1.29, 1.82) is 0 Å². The first-order valence-electron chi connectivity index (χ1n) is 9.56. The average Bonchev–Trinajstić information content (AvgIpc) is 2.43. The Labute approximate surface area is 134 Å². The fourth-order valence-electron chi connectivity index (χ4n) is 2.73. The Hall–Kier alpha value is -0.330. The molecule has 1 nitrogen and oxygen atoms in total. The van der Waals surface area contributed by atoms with E-state index in [1.807, 2.05) is 13.8 Å². The van der Waals surface area contributed by atoms with Crippen LogP contribution in [0.5, 0.6) is 0 Å². The first-order chi connectivity index (χ1) is 10.0. The molecule has 0 saturated carbocycles. The van der Waals surface area contributed by atoms with Gasteiger partial charge >= 0.3 is 0 Å². The second-order valence-corrected chi connectivity index (χ2v) is 7.44. The van der Waals surface area contributed by atoms with Gasteiger partial charge in [-0.2, -0.15) is 0 Å². The molecular formula is C20H40O. The SMILES string of the molecule is CC(C)CCCCCCCCCCCCCC(=O)C(C)C. The highest BCUT2D eigenvalue weighted by Crippen LogP contribution is 2.14. The summed E-state index contributed by atoms with van der Waals surface area (Å²) in [5.74, 6) is 1.54. The third kappa shape index (κ3) is 15.9. The summed E-state index contributed by atoms with van der Waals surface area (Å²) < 4.78 is 0. The zero-order valence-corrected chi connectivity index (χ0v) is 15.3. The van der Waals surface area contributed by atoms with Gasteiger partial charge in [0.15, 0.2) is 0 Å². The van der Waals surface area contributed by atoms with Gasteiger partial charge in [0.25, 0.3) is 0 Å². The van der Waals surface area contributed by atoms with Crippen LogP contribution in [-0.4, -0.2) is 5.78 Å². The molecule has 0 heterocycles. The van der Waals surface area contributed by atoms with E-state index in [1.54, 1.807) is 0 Å². The lowest BCUT2D eigenvalue weighted by Crippen LogP contribution is -2.05. The molecule has 21 heavy (non-hydrogen) atoms. The van der Waals surface area contributed by atoms with Crippen molar-refractivity contribution in [3.8, 4) is 0 Å². The summed E-state index contributed by atoms with van der Waals surface area (Å²) >= 11 is 0. The molecule has 0 aliphatic rings. The van der Waals surface area contributed by atoms with Crippen molar-refractivity contribution in [2.75, 3.05) is 0 Å². The summed E-state index contributed by atoms with van der Waals surface area (Å²) in [7, 11) is 0. The summed E-state index contributed by atoms with van der Waals surface area (Å²) in [6.45, 7) is 8.65. The monoisotopic (exact) mass is 296 g/mol. The normalized spacial score (nSPS) is 11.5. The molecule has 0 aliphatic carbocycles. The zero-order valence-electron chi connectivity index (χ0n) is 15.3. The highest BCUT2D eigenvalue weighted by atomic mass is 16.1. The average molecular weight is 297 g/mol. The maximum Gasteiger partial charge on any atom is 0.135 e. The van der Waals surface area contributed by atoms with Crippen LogP contribution in [0.1, 0.15) is 111 Å². The van der Waals surface area contributed by atoms with Crippen LogP contribution < -0.4 is 0 Å². The minimum atomic E-state index is 0.227. The van der Waals surface area contributed by atoms with Gasteiger partial charge in [0, 0.05) is 12.3 Å². The van der Waals surface area contributed by atoms with Crippen molar-refractivity contribution < 1.29 is 4.79 Å². The quantitative estimate of drug-likeness (QED) is 0.299. The van der Waals surface area contributed by atoms with Crippen LogP contribution in [0.3, 0.4) is 0 Å². The van der Waals surface area contributed by atoms with Crippen LogP contribution in [0.25, 0.3) is 0 Å². The van der Waals surface area contributed by atoms with Crippen LogP contribution >= 0.6 is 0 Å². The third-order valence-electron chi connectivity index (χ3n) is 4.35. The van der Waals surface area contributed by atoms with Gasteiger partial charge in [-0.3, -0.25) is 4.79 Å². The van der Waals surface area contributed by atoms with Gasteiger partial charge in [-0.15, -0.1) is 0 Å². The Morgan fingerprint density at radius 3 is 1.38 bits per heavy atom. The molecule has 0 atom stereocenters. The highest BCUT2D eigenvalue weighted by Gasteiger charge is 2.05. The number of carbonyl (C=O) groups is 1. The van der Waals surface area contributed by atoms with Gasteiger partial charge in [0.2, 0.25) is 0 Å². The summed E-state index contributed by atoms with van der Waals surface area (Å²) in [4.78, 5) is 11.5. The molecule has 0 unspecified atom stereocenters. The molecule has 0 aromatic heterocycles. The Morgan fingerprint density at radius 1 is 0.619 bits per heavy atom. The topological polar surface area (TPSA) is 17.1 Å². The van der Waals surface area contributed by atoms with E-state index in [0.29, 0.717) is 5.78 Å². The van der Waals surface area contributed by atoms with Crippen molar-refractivity contribution in [1.82, 2.24) is 0 Å². The fraction of sp³-hybridized carbons (Fsp3) is 0.950. The van der Waals surface area contributed by atoms with E-state index in [0.717, 1.165) is 18.8 Å². The molecule has 0 saturated heterocycles. The molecule has 126 valence electrons. The molecule has 0 N–H and O–H groups in total. The largest absolute Gasteiger partial charge is 0.299 e. The maximum atomic E-state index is 11.5. The smallest absolute Gasteiger partial charge is 0.135 e. The van der Waals surface area contributed by atoms with Crippen LogP contribution in [-0.2, 0) is 4.79 Å². The molecule has 0 spiro atoms. The summed E-state index contributed by atoms with van der Waals surface area (Å²) in [5.41, 5.74) is 0. The van der Waals surface area contributed by atoms with Gasteiger partial charge in [-0.1, -0.05) is 98.3 Å². The van der Waals surface area contributed by atoms with Gasteiger partial charge < -0.3 is 0 Å². The van der Waals surface area contributed by atoms with E-state index >= 15 is 0 Å². The summed E-state index contributed by atoms with van der Waals surface area (Å²) in [5, 5.41) is 0. The van der Waals surface area contributed by atoms with E-state index in [9.17, 15) is 4.79 Å². The minimum Gasteiger partial charge on any atom is -0.299 e. The molecule has 0 aliphatic heterocycles. The third-order valence-corrected chi connectivity index (χ3v) is 4.35. The number of ketones is 1. The molecule has 0 bridgehead atoms. The molecule has 0 radical (unpaired) electrons. The maximum absolute atomic E-state index is 11.5. The molecular weight excluding hydrogens is 256 g/mol. The van der Waals surface area contributed by atoms with Crippen LogP contribution in [0.15, 0.2) is 0 Å². The minimum absolute atomic E-state index is 0.227. The fourth-order valence-corrected chi connectivity index (χ4v) is 2.73. The number of rotatable bonds is 15. The van der Waals surface area contributed by atoms with Crippen molar-refractivity contribution in [2.45, 2.75) is 111 Å². The summed E-state index contributed by atoms with van der Waals surface area (Å²) in [6.07, 6.45) is 17.2. The van der Waals surface area contributed by atoms with Crippen molar-refractivity contribution in [2.24, 2.45) is 11.8 Å². The molecule has 0 aromatic carbocycles. The Balaban J connectivity index is 3.08. The molecule has 0 aromatic rings. The zero-order chi connectivity index (χ0) is 15.9. The van der Waals surface area contributed by atoms with Crippen LogP contribution in [0.2, 0.25) is 0 Å². The second kappa shape index (κ2) is 14.6. The number of unbranched alkanes of at least 4 members (excludes halogenated alkanes) is 10. The molecule has 1 heteroatoms. The number of carbonyl (C=O) groups excluding carboxylic acids is 1. The number of hydrogen-bond donors (Lipinski definition) is 0. The van der Waals surface area contributed by atoms with E-state index in [1.165, 1.54) is 70.6 Å². The van der Waals surface area contributed by atoms with E-state index < -0.39 is 0 Å². The predicted molar refractivity (Wildman–Crippen MR) is 94.7 cm³/mol. The van der Waals surface area contributed by atoms with Gasteiger partial charge in [0.05, 0.1) is 0 Å². The Bertz CT molecular complexity index is 230. The Morgan fingerprint density at radius 2 is 1.00 bits per heavy atom. The van der Waals surface area contributed by atoms with Crippen molar-refractivity contribution >= 4 is 5.78 Å². The van der Waals surface area contributed by atoms with Gasteiger partial charge in [-0.05, 0) is 12.3 Å². The lowest BCUT2D eigenvalue weighted by molar-refractivity contribution is -0.122. The first-order valence-corrected chi connectivity index (χ1v) is 9.56. The van der Waals surface area contributed by atoms with Crippen LogP contribution in [0.4, 0.5) is 0 Å². The number of Topliss-reactive ketones (excluding diaryl/α,β-unsaturated/α-hetero) is 1. The van der Waals surface area contributed by atoms with E-state index in [2.05, 4.69) is 13.8 Å². The second-order valence-electron chi connectivity index (χ2n) is 7.44.